The van der Waals surface area contributed by atoms with E-state index < -0.39 is 0 Å². The molecule has 0 bridgehead atoms. The second-order valence-electron chi connectivity index (χ2n) is 10.3. The van der Waals surface area contributed by atoms with E-state index in [0.717, 1.165) is 64.3 Å². The van der Waals surface area contributed by atoms with Crippen LogP contribution in [-0.2, 0) is 0 Å². The molecule has 2 saturated heterocycles. The van der Waals surface area contributed by atoms with Gasteiger partial charge in [0, 0.05) is 65.3 Å². The van der Waals surface area contributed by atoms with Crippen molar-refractivity contribution in [2.24, 2.45) is 5.92 Å². The first-order valence-electron chi connectivity index (χ1n) is 12.8. The van der Waals surface area contributed by atoms with E-state index in [9.17, 15) is 0 Å². The van der Waals surface area contributed by atoms with Gasteiger partial charge in [-0.05, 0) is 48.8 Å². The molecule has 2 aliphatic heterocycles. The molecular weight excluding hydrogens is 434 g/mol. The van der Waals surface area contributed by atoms with Crippen LogP contribution in [0.5, 0.6) is 0 Å². The minimum atomic E-state index is 0.494. The Morgan fingerprint density at radius 2 is 1.89 bits per heavy atom. The van der Waals surface area contributed by atoms with Crippen LogP contribution in [0.1, 0.15) is 37.2 Å². The Balaban J connectivity index is 1.41. The van der Waals surface area contributed by atoms with E-state index in [1.807, 2.05) is 12.4 Å². The van der Waals surface area contributed by atoms with E-state index in [1.165, 1.54) is 36.6 Å². The second-order valence-corrected chi connectivity index (χ2v) is 10.3. The van der Waals surface area contributed by atoms with Crippen LogP contribution in [0.2, 0.25) is 0 Å². The molecule has 7 nitrogen and oxygen atoms in total. The third kappa shape index (κ3) is 2.88. The van der Waals surface area contributed by atoms with Crippen molar-refractivity contribution in [3.8, 4) is 11.4 Å². The molecule has 4 aromatic heterocycles. The number of hydrogen-bond donors (Lipinski definition) is 2. The first-order valence-corrected chi connectivity index (χ1v) is 12.8. The Labute approximate surface area is 203 Å². The van der Waals surface area contributed by atoms with E-state index in [4.69, 9.17) is 9.97 Å². The third-order valence-corrected chi connectivity index (χ3v) is 8.52. The number of fused-ring (bicyclic) bond motifs is 5. The maximum atomic E-state index is 5.37. The number of nitrogens with zero attached hydrogens (tertiary/aromatic N) is 5. The zero-order chi connectivity index (χ0) is 22.9. The van der Waals surface area contributed by atoms with Crippen molar-refractivity contribution in [1.82, 2.24) is 30.2 Å². The van der Waals surface area contributed by atoms with Crippen molar-refractivity contribution in [2.45, 2.75) is 37.6 Å². The fraction of sp³-hybridized carbons (Fsp3) is 0.357. The smallest absolute Gasteiger partial charge is 0.163 e. The number of aromatic amines is 1. The number of anilines is 1. The maximum absolute atomic E-state index is 5.37. The Hall–Kier alpha value is -3.58. The summed E-state index contributed by atoms with van der Waals surface area (Å²) in [5.41, 5.74) is 5.25. The fourth-order valence-electron chi connectivity index (χ4n) is 6.51. The highest BCUT2D eigenvalue weighted by atomic mass is 15.3. The Morgan fingerprint density at radius 1 is 0.943 bits per heavy atom. The number of hydrogen-bond acceptors (Lipinski definition) is 6. The molecule has 35 heavy (non-hydrogen) atoms. The molecule has 1 saturated carbocycles. The predicted molar refractivity (Wildman–Crippen MR) is 139 cm³/mol. The van der Waals surface area contributed by atoms with Crippen LogP contribution in [-0.4, -0.2) is 50.6 Å². The van der Waals surface area contributed by atoms with E-state index in [2.05, 4.69) is 61.7 Å². The van der Waals surface area contributed by atoms with Crippen molar-refractivity contribution in [1.29, 1.82) is 0 Å². The summed E-state index contributed by atoms with van der Waals surface area (Å²) < 4.78 is 0. The Morgan fingerprint density at radius 3 is 2.80 bits per heavy atom. The van der Waals surface area contributed by atoms with Crippen LogP contribution < -0.4 is 10.2 Å². The van der Waals surface area contributed by atoms with Crippen molar-refractivity contribution in [2.75, 3.05) is 24.5 Å². The van der Waals surface area contributed by atoms with E-state index >= 15 is 0 Å². The lowest BCUT2D eigenvalue weighted by Gasteiger charge is -2.30. The van der Waals surface area contributed by atoms with Crippen molar-refractivity contribution >= 4 is 38.7 Å². The summed E-state index contributed by atoms with van der Waals surface area (Å²) >= 11 is 0. The summed E-state index contributed by atoms with van der Waals surface area (Å²) in [7, 11) is 0. The average molecular weight is 462 g/mol. The number of nitrogens with one attached hydrogen (secondary N) is 2. The highest BCUT2D eigenvalue weighted by Crippen LogP contribution is 2.44. The minimum absolute atomic E-state index is 0.494. The largest absolute Gasteiger partial charge is 0.351 e. The topological polar surface area (TPSA) is 82.6 Å². The lowest BCUT2D eigenvalue weighted by Crippen LogP contribution is -2.35. The Kier molecular flexibility index (Phi) is 4.20. The van der Waals surface area contributed by atoms with Crippen LogP contribution >= 0.6 is 0 Å². The number of rotatable bonds is 3. The summed E-state index contributed by atoms with van der Waals surface area (Å²) in [5, 5.41) is 7.06. The fourth-order valence-corrected chi connectivity index (χ4v) is 6.51. The molecule has 0 unspecified atom stereocenters. The van der Waals surface area contributed by atoms with Gasteiger partial charge in [0.15, 0.2) is 5.82 Å². The molecule has 8 rings (SSSR count). The van der Waals surface area contributed by atoms with Crippen molar-refractivity contribution in [3.63, 3.8) is 0 Å². The van der Waals surface area contributed by atoms with Gasteiger partial charge in [-0.15, -0.1) is 0 Å². The van der Waals surface area contributed by atoms with Gasteiger partial charge in [0.25, 0.3) is 0 Å². The summed E-state index contributed by atoms with van der Waals surface area (Å²) in [6.45, 7) is 3.18. The molecule has 3 fully saturated rings. The van der Waals surface area contributed by atoms with Gasteiger partial charge in [-0.25, -0.2) is 15.0 Å². The van der Waals surface area contributed by atoms with Crippen LogP contribution in [0.3, 0.4) is 0 Å². The molecular formula is C28H27N7. The summed E-state index contributed by atoms with van der Waals surface area (Å²) in [5.74, 6) is 3.11. The maximum Gasteiger partial charge on any atom is 0.163 e. The SMILES string of the molecule is c1ccc2c(c1)[nH]c1nccc(-c3nc(N4CC[C@H]5CNC[C@H]54)c4c(C5CCC5)cncc4n3)c12. The second kappa shape index (κ2) is 7.46. The number of para-hydroxylation sites is 1. The molecule has 1 aromatic carbocycles. The van der Waals surface area contributed by atoms with Crippen LogP contribution in [0.25, 0.3) is 44.2 Å². The molecule has 2 N–H and O–H groups in total. The average Bonchev–Trinajstić information content (AvgIpc) is 3.56. The molecule has 6 heterocycles. The highest BCUT2D eigenvalue weighted by molar-refractivity contribution is 6.12. The molecule has 3 aliphatic rings. The molecule has 7 heteroatoms. The first-order chi connectivity index (χ1) is 17.3. The zero-order valence-electron chi connectivity index (χ0n) is 19.5. The van der Waals surface area contributed by atoms with Crippen LogP contribution in [0.4, 0.5) is 5.82 Å². The molecule has 2 atom stereocenters. The van der Waals surface area contributed by atoms with Crippen LogP contribution in [0.15, 0.2) is 48.9 Å². The van der Waals surface area contributed by atoms with Gasteiger partial charge >= 0.3 is 0 Å². The van der Waals surface area contributed by atoms with E-state index in [0.29, 0.717) is 17.9 Å². The van der Waals surface area contributed by atoms with Gasteiger partial charge in [0.1, 0.15) is 11.5 Å². The lowest BCUT2D eigenvalue weighted by atomic mass is 9.79. The number of benzene rings is 1. The monoisotopic (exact) mass is 461 g/mol. The molecule has 174 valence electrons. The molecule has 0 spiro atoms. The van der Waals surface area contributed by atoms with Gasteiger partial charge in [0.05, 0.1) is 11.7 Å². The molecule has 5 aromatic rings. The van der Waals surface area contributed by atoms with Gasteiger partial charge in [-0.2, -0.15) is 0 Å². The summed E-state index contributed by atoms with van der Waals surface area (Å²) in [6, 6.07) is 10.9. The van der Waals surface area contributed by atoms with Crippen molar-refractivity contribution < 1.29 is 0 Å². The summed E-state index contributed by atoms with van der Waals surface area (Å²) in [4.78, 5) is 25.8. The minimum Gasteiger partial charge on any atom is -0.351 e. The number of H-pyrrole nitrogens is 1. The highest BCUT2D eigenvalue weighted by Gasteiger charge is 2.39. The molecule has 0 amide bonds. The van der Waals surface area contributed by atoms with Crippen molar-refractivity contribution in [3.05, 3.63) is 54.5 Å². The Bertz CT molecular complexity index is 1600. The van der Waals surface area contributed by atoms with Gasteiger partial charge in [0.2, 0.25) is 0 Å². The molecule has 0 radical (unpaired) electrons. The van der Waals surface area contributed by atoms with Crippen LogP contribution in [0, 0.1) is 5.92 Å². The number of pyridine rings is 2. The third-order valence-electron chi connectivity index (χ3n) is 8.52. The zero-order valence-corrected chi connectivity index (χ0v) is 19.5. The summed E-state index contributed by atoms with van der Waals surface area (Å²) in [6.07, 6.45) is 10.8. The number of aromatic nitrogens is 5. The predicted octanol–water partition coefficient (Wildman–Crippen LogP) is 4.79. The normalized spacial score (nSPS) is 22.3. The van der Waals surface area contributed by atoms with Gasteiger partial charge in [-0.3, -0.25) is 4.98 Å². The quantitative estimate of drug-likeness (QED) is 0.402. The van der Waals surface area contributed by atoms with Gasteiger partial charge < -0.3 is 15.2 Å². The lowest BCUT2D eigenvalue weighted by molar-refractivity contribution is 0.421. The van der Waals surface area contributed by atoms with E-state index in [-0.39, 0.29) is 0 Å². The molecule has 1 aliphatic carbocycles. The first kappa shape index (κ1) is 19.7. The standard InChI is InChI=1S/C28H27N7/c1-2-7-21-18(6-1)24-19(8-10-31-27(24)32-21)26-33-22-14-30-13-20(16-4-3-5-16)25(22)28(34-26)35-11-9-17-12-29-15-23(17)35/h1-2,6-8,10,13-14,16-17,23,29H,3-5,9,11-12,15H2,(H,31,32)/t17-,23+/m0/s1. The van der Waals surface area contributed by atoms with Gasteiger partial charge in [-0.1, -0.05) is 24.6 Å². The van der Waals surface area contributed by atoms with E-state index in [1.54, 1.807) is 0 Å².